The second kappa shape index (κ2) is 8.35. The molecule has 0 heterocycles. The van der Waals surface area contributed by atoms with E-state index >= 15 is 0 Å². The van der Waals surface area contributed by atoms with E-state index in [4.69, 9.17) is 10.5 Å². The van der Waals surface area contributed by atoms with Crippen LogP contribution in [0.3, 0.4) is 0 Å². The minimum Gasteiger partial charge on any atom is -0.383 e. The van der Waals surface area contributed by atoms with Crippen LogP contribution in [-0.2, 0) is 4.74 Å². The molecule has 0 aliphatic rings. The lowest BCUT2D eigenvalue weighted by Gasteiger charge is -2.32. The molecule has 2 N–H and O–H groups in total. The van der Waals surface area contributed by atoms with Crippen molar-refractivity contribution in [3.8, 4) is 0 Å². The Hall–Kier alpha value is -0.970. The third-order valence-electron chi connectivity index (χ3n) is 3.41. The molecule has 0 bridgehead atoms. The standard InChI is InChI=1S/C16H27FN2O/c1-12(2)11-19(7-8-20-4)16(10-18)14-5-6-15(17)13(3)9-14/h5-6,9,12,16H,7-8,10-11,18H2,1-4H3. The van der Waals surface area contributed by atoms with E-state index in [2.05, 4.69) is 18.7 Å². The molecule has 0 fully saturated rings. The summed E-state index contributed by atoms with van der Waals surface area (Å²) in [6, 6.07) is 5.36. The number of aryl methyl sites for hydroxylation is 1. The fraction of sp³-hybridized carbons (Fsp3) is 0.625. The van der Waals surface area contributed by atoms with Gasteiger partial charge in [-0.3, -0.25) is 4.90 Å². The van der Waals surface area contributed by atoms with Gasteiger partial charge < -0.3 is 10.5 Å². The summed E-state index contributed by atoms with van der Waals surface area (Å²) in [5, 5.41) is 0. The minimum absolute atomic E-state index is 0.104. The SMILES string of the molecule is COCCN(CC(C)C)C(CN)c1ccc(F)c(C)c1. The van der Waals surface area contributed by atoms with Crippen molar-refractivity contribution < 1.29 is 9.13 Å². The Bertz CT molecular complexity index is 409. The molecule has 0 radical (unpaired) electrons. The molecule has 20 heavy (non-hydrogen) atoms. The van der Waals surface area contributed by atoms with Gasteiger partial charge in [0.1, 0.15) is 5.82 Å². The number of nitrogens with two attached hydrogens (primary N) is 1. The van der Waals surface area contributed by atoms with Crippen LogP contribution < -0.4 is 5.73 Å². The Morgan fingerprint density at radius 3 is 2.55 bits per heavy atom. The van der Waals surface area contributed by atoms with Crippen molar-refractivity contribution in [2.45, 2.75) is 26.8 Å². The Kier molecular flexibility index (Phi) is 7.13. The largest absolute Gasteiger partial charge is 0.383 e. The molecule has 1 unspecified atom stereocenters. The zero-order chi connectivity index (χ0) is 15.1. The number of ether oxygens (including phenoxy) is 1. The Balaban J connectivity index is 2.94. The van der Waals surface area contributed by atoms with Crippen LogP contribution in [0.25, 0.3) is 0 Å². The monoisotopic (exact) mass is 282 g/mol. The van der Waals surface area contributed by atoms with E-state index in [1.54, 1.807) is 14.0 Å². The first-order chi connectivity index (χ1) is 9.49. The first-order valence-electron chi connectivity index (χ1n) is 7.18. The third kappa shape index (κ3) is 4.85. The van der Waals surface area contributed by atoms with Crippen LogP contribution in [0.2, 0.25) is 0 Å². The van der Waals surface area contributed by atoms with Gasteiger partial charge in [-0.05, 0) is 30.0 Å². The van der Waals surface area contributed by atoms with Crippen LogP contribution in [0.5, 0.6) is 0 Å². The number of rotatable bonds is 8. The lowest BCUT2D eigenvalue weighted by Crippen LogP contribution is -2.38. The molecule has 0 saturated carbocycles. The fourth-order valence-corrected chi connectivity index (χ4v) is 2.42. The van der Waals surface area contributed by atoms with Gasteiger partial charge in [-0.1, -0.05) is 26.0 Å². The van der Waals surface area contributed by atoms with Gasteiger partial charge in [0.15, 0.2) is 0 Å². The molecule has 0 aliphatic carbocycles. The summed E-state index contributed by atoms with van der Waals surface area (Å²) in [5.74, 6) is 0.374. The van der Waals surface area contributed by atoms with Gasteiger partial charge in [0, 0.05) is 32.8 Å². The highest BCUT2D eigenvalue weighted by atomic mass is 19.1. The quantitative estimate of drug-likeness (QED) is 0.797. The molecule has 0 aliphatic heterocycles. The van der Waals surface area contributed by atoms with Crippen molar-refractivity contribution in [1.29, 1.82) is 0 Å². The van der Waals surface area contributed by atoms with Crippen molar-refractivity contribution in [2.24, 2.45) is 11.7 Å². The highest BCUT2D eigenvalue weighted by Crippen LogP contribution is 2.22. The molecular formula is C16H27FN2O. The van der Waals surface area contributed by atoms with Gasteiger partial charge in [0.2, 0.25) is 0 Å². The van der Waals surface area contributed by atoms with Crippen LogP contribution in [-0.4, -0.2) is 38.3 Å². The van der Waals surface area contributed by atoms with Crippen LogP contribution in [0, 0.1) is 18.7 Å². The topological polar surface area (TPSA) is 38.5 Å². The Labute approximate surface area is 121 Å². The lowest BCUT2D eigenvalue weighted by atomic mass is 10.0. The van der Waals surface area contributed by atoms with E-state index < -0.39 is 0 Å². The van der Waals surface area contributed by atoms with Crippen molar-refractivity contribution in [1.82, 2.24) is 4.90 Å². The highest BCUT2D eigenvalue weighted by Gasteiger charge is 2.20. The van der Waals surface area contributed by atoms with Crippen molar-refractivity contribution in [2.75, 3.05) is 33.4 Å². The maximum absolute atomic E-state index is 13.4. The van der Waals surface area contributed by atoms with E-state index in [1.165, 1.54) is 6.07 Å². The van der Waals surface area contributed by atoms with Crippen molar-refractivity contribution in [3.63, 3.8) is 0 Å². The third-order valence-corrected chi connectivity index (χ3v) is 3.41. The maximum atomic E-state index is 13.4. The molecule has 1 aromatic carbocycles. The Morgan fingerprint density at radius 1 is 1.35 bits per heavy atom. The molecule has 1 aromatic rings. The molecule has 3 nitrogen and oxygen atoms in total. The average molecular weight is 282 g/mol. The second-order valence-corrected chi connectivity index (χ2v) is 5.64. The van der Waals surface area contributed by atoms with Crippen LogP contribution >= 0.6 is 0 Å². The summed E-state index contributed by atoms with van der Waals surface area (Å²) >= 11 is 0. The number of hydrogen-bond donors (Lipinski definition) is 1. The molecule has 114 valence electrons. The lowest BCUT2D eigenvalue weighted by molar-refractivity contribution is 0.112. The first kappa shape index (κ1) is 17.1. The Morgan fingerprint density at radius 2 is 2.05 bits per heavy atom. The predicted molar refractivity (Wildman–Crippen MR) is 81.2 cm³/mol. The summed E-state index contributed by atoms with van der Waals surface area (Å²) in [4.78, 5) is 2.32. The zero-order valence-corrected chi connectivity index (χ0v) is 13.0. The zero-order valence-electron chi connectivity index (χ0n) is 13.0. The molecule has 0 amide bonds. The van der Waals surface area contributed by atoms with Crippen LogP contribution in [0.15, 0.2) is 18.2 Å². The van der Waals surface area contributed by atoms with E-state index in [1.807, 2.05) is 12.1 Å². The van der Waals surface area contributed by atoms with Gasteiger partial charge in [-0.25, -0.2) is 4.39 Å². The van der Waals surface area contributed by atoms with Crippen LogP contribution in [0.4, 0.5) is 4.39 Å². The van der Waals surface area contributed by atoms with Gasteiger partial charge in [-0.2, -0.15) is 0 Å². The van der Waals surface area contributed by atoms with E-state index in [9.17, 15) is 4.39 Å². The highest BCUT2D eigenvalue weighted by molar-refractivity contribution is 5.27. The number of hydrogen-bond acceptors (Lipinski definition) is 3. The molecule has 0 spiro atoms. The smallest absolute Gasteiger partial charge is 0.126 e. The average Bonchev–Trinajstić information content (AvgIpc) is 2.40. The van der Waals surface area contributed by atoms with Crippen LogP contribution in [0.1, 0.15) is 31.0 Å². The molecule has 1 rings (SSSR count). The number of halogens is 1. The molecular weight excluding hydrogens is 255 g/mol. The second-order valence-electron chi connectivity index (χ2n) is 5.64. The summed E-state index contributed by atoms with van der Waals surface area (Å²) in [6.07, 6.45) is 0. The summed E-state index contributed by atoms with van der Waals surface area (Å²) in [6.45, 7) is 9.11. The van der Waals surface area contributed by atoms with Gasteiger partial charge >= 0.3 is 0 Å². The van der Waals surface area contributed by atoms with E-state index in [-0.39, 0.29) is 11.9 Å². The summed E-state index contributed by atoms with van der Waals surface area (Å²) in [7, 11) is 1.70. The minimum atomic E-state index is -0.170. The molecule has 0 aromatic heterocycles. The van der Waals surface area contributed by atoms with Crippen molar-refractivity contribution in [3.05, 3.63) is 35.1 Å². The maximum Gasteiger partial charge on any atom is 0.126 e. The van der Waals surface area contributed by atoms with E-state index in [0.29, 0.717) is 24.6 Å². The van der Waals surface area contributed by atoms with Gasteiger partial charge in [-0.15, -0.1) is 0 Å². The molecule has 0 saturated heterocycles. The van der Waals surface area contributed by atoms with E-state index in [0.717, 1.165) is 18.7 Å². The van der Waals surface area contributed by atoms with Crippen molar-refractivity contribution >= 4 is 0 Å². The first-order valence-corrected chi connectivity index (χ1v) is 7.18. The predicted octanol–water partition coefficient (Wildman–Crippen LogP) is 2.74. The number of benzene rings is 1. The normalized spacial score (nSPS) is 13.2. The fourth-order valence-electron chi connectivity index (χ4n) is 2.42. The van der Waals surface area contributed by atoms with Gasteiger partial charge in [0.25, 0.3) is 0 Å². The molecule has 4 heteroatoms. The summed E-state index contributed by atoms with van der Waals surface area (Å²) < 4.78 is 18.6. The summed E-state index contributed by atoms with van der Waals surface area (Å²) in [5.41, 5.74) is 7.70. The van der Waals surface area contributed by atoms with Gasteiger partial charge in [0.05, 0.1) is 6.61 Å². The molecule has 1 atom stereocenters. The number of methoxy groups -OCH3 is 1. The number of nitrogens with zero attached hydrogens (tertiary/aromatic N) is 1.